The first-order chi connectivity index (χ1) is 11.5. The van der Waals surface area contributed by atoms with E-state index in [9.17, 15) is 13.6 Å². The van der Waals surface area contributed by atoms with Crippen LogP contribution in [0.2, 0.25) is 0 Å². The fourth-order valence-corrected chi connectivity index (χ4v) is 3.01. The summed E-state index contributed by atoms with van der Waals surface area (Å²) >= 11 is 0. The van der Waals surface area contributed by atoms with Gasteiger partial charge in [-0.2, -0.15) is 0 Å². The van der Waals surface area contributed by atoms with Gasteiger partial charge < -0.3 is 9.64 Å². The van der Waals surface area contributed by atoms with E-state index in [2.05, 4.69) is 0 Å². The molecule has 0 aliphatic carbocycles. The number of carbonyl (C=O) groups is 1. The molecular formula is C19H19F2NO2. The molecule has 1 amide bonds. The van der Waals surface area contributed by atoms with Crippen LogP contribution >= 0.6 is 0 Å². The molecule has 3 nitrogen and oxygen atoms in total. The molecular weight excluding hydrogens is 312 g/mol. The lowest BCUT2D eigenvalue weighted by molar-refractivity contribution is -0.0664. The Morgan fingerprint density at radius 3 is 2.58 bits per heavy atom. The lowest BCUT2D eigenvalue weighted by atomic mass is 10.0. The molecule has 1 heterocycles. The zero-order valence-corrected chi connectivity index (χ0v) is 13.4. The fraction of sp³-hybridized carbons (Fsp3) is 0.316. The van der Waals surface area contributed by atoms with Crippen molar-refractivity contribution in [1.29, 1.82) is 0 Å². The molecule has 0 spiro atoms. The summed E-state index contributed by atoms with van der Waals surface area (Å²) in [7, 11) is 0. The van der Waals surface area contributed by atoms with Crippen molar-refractivity contribution in [3.8, 4) is 0 Å². The monoisotopic (exact) mass is 331 g/mol. The topological polar surface area (TPSA) is 29.5 Å². The predicted molar refractivity (Wildman–Crippen MR) is 86.7 cm³/mol. The summed E-state index contributed by atoms with van der Waals surface area (Å²) in [5.74, 6) is -2.27. The lowest BCUT2D eigenvalue weighted by Gasteiger charge is -2.37. The molecule has 2 aromatic carbocycles. The Morgan fingerprint density at radius 1 is 1.12 bits per heavy atom. The summed E-state index contributed by atoms with van der Waals surface area (Å²) in [5, 5.41) is 0. The van der Waals surface area contributed by atoms with Crippen molar-refractivity contribution in [2.24, 2.45) is 0 Å². The molecule has 0 saturated carbocycles. The van der Waals surface area contributed by atoms with E-state index in [1.807, 2.05) is 37.3 Å². The minimum absolute atomic E-state index is 0.110. The van der Waals surface area contributed by atoms with Crippen molar-refractivity contribution in [1.82, 2.24) is 4.90 Å². The number of halogens is 2. The van der Waals surface area contributed by atoms with Crippen molar-refractivity contribution >= 4 is 5.91 Å². The third-order valence-electron chi connectivity index (χ3n) is 4.09. The number of amides is 1. The second-order valence-electron chi connectivity index (χ2n) is 6.10. The second-order valence-corrected chi connectivity index (χ2v) is 6.10. The van der Waals surface area contributed by atoms with Gasteiger partial charge >= 0.3 is 0 Å². The van der Waals surface area contributed by atoms with Crippen molar-refractivity contribution in [2.45, 2.75) is 25.6 Å². The molecule has 0 aromatic heterocycles. The average Bonchev–Trinajstić information content (AvgIpc) is 2.57. The van der Waals surface area contributed by atoms with E-state index in [1.54, 1.807) is 4.90 Å². The van der Waals surface area contributed by atoms with Crippen molar-refractivity contribution in [2.75, 3.05) is 13.1 Å². The smallest absolute Gasteiger partial charge is 0.254 e. The van der Waals surface area contributed by atoms with E-state index in [0.29, 0.717) is 19.5 Å². The first-order valence-corrected chi connectivity index (χ1v) is 7.96. The van der Waals surface area contributed by atoms with Crippen LogP contribution in [-0.4, -0.2) is 36.1 Å². The Morgan fingerprint density at radius 2 is 1.88 bits per heavy atom. The molecule has 3 rings (SSSR count). The van der Waals surface area contributed by atoms with Gasteiger partial charge in [-0.25, -0.2) is 8.78 Å². The number of morpholine rings is 1. The van der Waals surface area contributed by atoms with E-state index in [-0.39, 0.29) is 23.7 Å². The van der Waals surface area contributed by atoms with Crippen LogP contribution in [0.15, 0.2) is 48.5 Å². The number of hydrogen-bond donors (Lipinski definition) is 0. The molecule has 2 unspecified atom stereocenters. The Bertz CT molecular complexity index is 721. The molecule has 2 atom stereocenters. The molecule has 0 bridgehead atoms. The van der Waals surface area contributed by atoms with Crippen molar-refractivity contribution in [3.05, 3.63) is 71.3 Å². The van der Waals surface area contributed by atoms with Gasteiger partial charge in [-0.1, -0.05) is 30.3 Å². The minimum Gasteiger partial charge on any atom is -0.371 e. The van der Waals surface area contributed by atoms with E-state index in [0.717, 1.165) is 17.7 Å². The maximum atomic E-state index is 13.4. The second kappa shape index (κ2) is 7.09. The normalized spacial score (nSPS) is 20.9. The number of hydrogen-bond acceptors (Lipinski definition) is 2. The summed E-state index contributed by atoms with van der Waals surface area (Å²) in [6.45, 7) is 2.77. The van der Waals surface area contributed by atoms with E-state index < -0.39 is 11.6 Å². The number of rotatable bonds is 3. The summed E-state index contributed by atoms with van der Waals surface area (Å²) in [6.07, 6.45) is 0.472. The van der Waals surface area contributed by atoms with Crippen LogP contribution in [0.1, 0.15) is 22.8 Å². The molecule has 0 N–H and O–H groups in total. The van der Waals surface area contributed by atoms with Crippen LogP contribution < -0.4 is 0 Å². The van der Waals surface area contributed by atoms with Gasteiger partial charge in [0.05, 0.1) is 12.2 Å². The summed E-state index contributed by atoms with van der Waals surface area (Å²) < 4.78 is 32.3. The molecule has 126 valence electrons. The van der Waals surface area contributed by atoms with Crippen LogP contribution in [0.25, 0.3) is 0 Å². The number of benzene rings is 2. The maximum absolute atomic E-state index is 13.4. The predicted octanol–water partition coefficient (Wildman–Crippen LogP) is 3.44. The quantitative estimate of drug-likeness (QED) is 0.862. The first kappa shape index (κ1) is 16.6. The number of nitrogens with zero attached hydrogens (tertiary/aromatic N) is 1. The van der Waals surface area contributed by atoms with Gasteiger partial charge in [0.2, 0.25) is 0 Å². The Hall–Kier alpha value is -2.27. The zero-order valence-electron chi connectivity index (χ0n) is 13.4. The molecule has 1 aliphatic rings. The van der Waals surface area contributed by atoms with Crippen molar-refractivity contribution < 1.29 is 18.3 Å². The molecule has 24 heavy (non-hydrogen) atoms. The van der Waals surface area contributed by atoms with E-state index in [1.165, 1.54) is 6.07 Å². The summed E-state index contributed by atoms with van der Waals surface area (Å²) in [5.41, 5.74) is 1.29. The average molecular weight is 331 g/mol. The van der Waals surface area contributed by atoms with Crippen LogP contribution in [0.4, 0.5) is 8.78 Å². The van der Waals surface area contributed by atoms with Gasteiger partial charge in [0, 0.05) is 25.1 Å². The highest BCUT2D eigenvalue weighted by Crippen LogP contribution is 2.19. The molecule has 1 fully saturated rings. The van der Waals surface area contributed by atoms with E-state index >= 15 is 0 Å². The summed E-state index contributed by atoms with van der Waals surface area (Å²) in [6, 6.07) is 13.2. The molecule has 1 saturated heterocycles. The number of ether oxygens (including phenoxy) is 1. The third-order valence-corrected chi connectivity index (χ3v) is 4.09. The fourth-order valence-electron chi connectivity index (χ4n) is 3.01. The summed E-state index contributed by atoms with van der Waals surface area (Å²) in [4.78, 5) is 14.2. The largest absolute Gasteiger partial charge is 0.371 e. The molecule has 5 heteroatoms. The molecule has 2 aromatic rings. The van der Waals surface area contributed by atoms with Crippen LogP contribution in [0, 0.1) is 11.6 Å². The zero-order chi connectivity index (χ0) is 17.1. The van der Waals surface area contributed by atoms with Crippen LogP contribution in [0.5, 0.6) is 0 Å². The van der Waals surface area contributed by atoms with Crippen molar-refractivity contribution in [3.63, 3.8) is 0 Å². The van der Waals surface area contributed by atoms with Gasteiger partial charge in [0.1, 0.15) is 0 Å². The van der Waals surface area contributed by atoms with Gasteiger partial charge in [0.15, 0.2) is 11.6 Å². The minimum atomic E-state index is -1.01. The van der Waals surface area contributed by atoms with Crippen LogP contribution in [0.3, 0.4) is 0 Å². The Labute approximate surface area is 139 Å². The standard InChI is InChI=1S/C19H19F2NO2/c1-13-11-22(19(23)15-7-8-17(20)18(21)10-15)12-16(24-13)9-14-5-3-2-4-6-14/h2-8,10,13,16H,9,11-12H2,1H3. The van der Waals surface area contributed by atoms with Gasteiger partial charge in [-0.05, 0) is 30.7 Å². The van der Waals surface area contributed by atoms with Gasteiger partial charge in [-0.3, -0.25) is 4.79 Å². The maximum Gasteiger partial charge on any atom is 0.254 e. The Balaban J connectivity index is 1.72. The highest BCUT2D eigenvalue weighted by Gasteiger charge is 2.29. The third kappa shape index (κ3) is 3.79. The van der Waals surface area contributed by atoms with E-state index in [4.69, 9.17) is 4.74 Å². The molecule has 0 radical (unpaired) electrons. The lowest BCUT2D eigenvalue weighted by Crippen LogP contribution is -2.49. The van der Waals surface area contributed by atoms with Crippen LogP contribution in [-0.2, 0) is 11.2 Å². The van der Waals surface area contributed by atoms with Gasteiger partial charge in [0.25, 0.3) is 5.91 Å². The highest BCUT2D eigenvalue weighted by atomic mass is 19.2. The SMILES string of the molecule is CC1CN(C(=O)c2ccc(F)c(F)c2)CC(Cc2ccccc2)O1. The first-order valence-electron chi connectivity index (χ1n) is 7.96. The highest BCUT2D eigenvalue weighted by molar-refractivity contribution is 5.94. The number of carbonyl (C=O) groups excluding carboxylic acids is 1. The van der Waals surface area contributed by atoms with Gasteiger partial charge in [-0.15, -0.1) is 0 Å². The molecule has 1 aliphatic heterocycles. The Kier molecular flexibility index (Phi) is 4.90.